The van der Waals surface area contributed by atoms with E-state index < -0.39 is 15.3 Å². The van der Waals surface area contributed by atoms with Crippen molar-refractivity contribution in [3.05, 3.63) is 16.0 Å². The van der Waals surface area contributed by atoms with E-state index in [-0.39, 0.29) is 11.6 Å². The summed E-state index contributed by atoms with van der Waals surface area (Å²) in [6, 6.07) is 0. The van der Waals surface area contributed by atoms with Gasteiger partial charge in [-0.2, -0.15) is 4.68 Å². The molecule has 1 atom stereocenters. The topological polar surface area (TPSA) is 85.8 Å². The Bertz CT molecular complexity index is 515. The smallest absolute Gasteiger partial charge is 0.296 e. The van der Waals surface area contributed by atoms with Crippen molar-refractivity contribution >= 4 is 29.2 Å². The van der Waals surface area contributed by atoms with E-state index in [2.05, 4.69) is 15.5 Å². The summed E-state index contributed by atoms with van der Waals surface area (Å²) in [5, 5.41) is 10.6. The SMILES string of the molecule is CCNc1nnc([C@@]2(C)CC2(Cl)Cl)c(=O)n1N. The van der Waals surface area contributed by atoms with Crippen LogP contribution >= 0.6 is 23.2 Å². The van der Waals surface area contributed by atoms with E-state index in [1.165, 1.54) is 0 Å². The summed E-state index contributed by atoms with van der Waals surface area (Å²) in [5.41, 5.74) is -0.903. The Hall–Kier alpha value is -1.01. The van der Waals surface area contributed by atoms with Gasteiger partial charge in [0.05, 0.1) is 5.41 Å². The number of nitrogens with two attached hydrogens (primary N) is 1. The summed E-state index contributed by atoms with van der Waals surface area (Å²) in [5.74, 6) is 5.86. The van der Waals surface area contributed by atoms with Crippen LogP contribution in [0.25, 0.3) is 0 Å². The molecule has 0 spiro atoms. The summed E-state index contributed by atoms with van der Waals surface area (Å²) in [6.07, 6.45) is 0.466. The third-order valence-electron chi connectivity index (χ3n) is 3.01. The summed E-state index contributed by atoms with van der Waals surface area (Å²) in [7, 11) is 0. The molecule has 0 aromatic carbocycles. The molecule has 1 aromatic rings. The highest BCUT2D eigenvalue weighted by Gasteiger charge is 2.66. The van der Waals surface area contributed by atoms with Crippen molar-refractivity contribution in [2.24, 2.45) is 0 Å². The summed E-state index contributed by atoms with van der Waals surface area (Å²) in [4.78, 5) is 12.0. The largest absolute Gasteiger partial charge is 0.353 e. The van der Waals surface area contributed by atoms with Gasteiger partial charge in [-0.3, -0.25) is 4.79 Å². The molecule has 3 N–H and O–H groups in total. The van der Waals surface area contributed by atoms with Crippen LogP contribution < -0.4 is 16.7 Å². The Morgan fingerprint density at radius 1 is 1.53 bits per heavy atom. The molecule has 1 fully saturated rings. The van der Waals surface area contributed by atoms with E-state index >= 15 is 0 Å². The van der Waals surface area contributed by atoms with Crippen molar-refractivity contribution in [1.29, 1.82) is 0 Å². The Morgan fingerprint density at radius 3 is 2.59 bits per heavy atom. The van der Waals surface area contributed by atoms with Crippen LogP contribution in [0.3, 0.4) is 0 Å². The minimum atomic E-state index is -0.965. The number of rotatable bonds is 3. The molecule has 0 saturated heterocycles. The summed E-state index contributed by atoms with van der Waals surface area (Å²) in [6.45, 7) is 4.23. The zero-order valence-electron chi connectivity index (χ0n) is 9.50. The number of nitrogens with one attached hydrogen (secondary N) is 1. The normalized spacial score (nSPS) is 25.6. The second kappa shape index (κ2) is 3.74. The van der Waals surface area contributed by atoms with Gasteiger partial charge < -0.3 is 11.2 Å². The van der Waals surface area contributed by atoms with Crippen molar-refractivity contribution in [1.82, 2.24) is 14.9 Å². The number of anilines is 1. The number of alkyl halides is 2. The quantitative estimate of drug-likeness (QED) is 0.625. The van der Waals surface area contributed by atoms with Crippen molar-refractivity contribution in [2.45, 2.75) is 30.0 Å². The van der Waals surface area contributed by atoms with E-state index in [9.17, 15) is 4.79 Å². The summed E-state index contributed by atoms with van der Waals surface area (Å²) >= 11 is 12.0. The summed E-state index contributed by atoms with van der Waals surface area (Å²) < 4.78 is -0.0349. The van der Waals surface area contributed by atoms with Gasteiger partial charge in [0.15, 0.2) is 0 Å². The van der Waals surface area contributed by atoms with Crippen LogP contribution in [0.2, 0.25) is 0 Å². The van der Waals surface area contributed by atoms with Gasteiger partial charge in [0, 0.05) is 6.54 Å². The van der Waals surface area contributed by atoms with Crippen molar-refractivity contribution < 1.29 is 0 Å². The van der Waals surface area contributed by atoms with E-state index in [1.807, 2.05) is 6.92 Å². The molecule has 0 aliphatic heterocycles. The molecule has 0 amide bonds. The number of hydrogen-bond acceptors (Lipinski definition) is 5. The van der Waals surface area contributed by atoms with Gasteiger partial charge in [-0.25, -0.2) is 0 Å². The number of nitrogens with zero attached hydrogens (tertiary/aromatic N) is 3. The fourth-order valence-corrected chi connectivity index (χ4v) is 2.39. The van der Waals surface area contributed by atoms with E-state index in [1.54, 1.807) is 6.92 Å². The number of hydrogen-bond donors (Lipinski definition) is 2. The van der Waals surface area contributed by atoms with Crippen LogP contribution in [-0.2, 0) is 5.41 Å². The molecule has 1 aromatic heterocycles. The Balaban J connectivity index is 2.47. The molecule has 6 nitrogen and oxygen atoms in total. The molecule has 17 heavy (non-hydrogen) atoms. The standard InChI is InChI=1S/C9H13Cl2N5O/c1-3-13-7-15-14-5(6(17)16(7)12)8(2)4-9(8,10)11/h3-4,12H2,1-2H3,(H,13,15)/t8-/m1/s1. The first-order valence-corrected chi connectivity index (χ1v) is 5.96. The van der Waals surface area contributed by atoms with Gasteiger partial charge in [-0.05, 0) is 13.3 Å². The molecular weight excluding hydrogens is 265 g/mol. The highest BCUT2D eigenvalue weighted by molar-refractivity contribution is 6.52. The fourth-order valence-electron chi connectivity index (χ4n) is 1.68. The molecule has 0 bridgehead atoms. The number of halogens is 2. The van der Waals surface area contributed by atoms with Gasteiger partial charge in [0.25, 0.3) is 5.56 Å². The first kappa shape index (κ1) is 12.4. The first-order valence-electron chi connectivity index (χ1n) is 5.20. The minimum Gasteiger partial charge on any atom is -0.353 e. The third-order valence-corrected chi connectivity index (χ3v) is 4.11. The molecule has 8 heteroatoms. The van der Waals surface area contributed by atoms with Gasteiger partial charge in [-0.15, -0.1) is 33.4 Å². The average molecular weight is 278 g/mol. The van der Waals surface area contributed by atoms with Crippen LogP contribution in [0.4, 0.5) is 5.95 Å². The van der Waals surface area contributed by atoms with E-state index in [0.717, 1.165) is 4.68 Å². The zero-order chi connectivity index (χ0) is 12.8. The Labute approximate surface area is 108 Å². The van der Waals surface area contributed by atoms with E-state index in [4.69, 9.17) is 29.0 Å². The van der Waals surface area contributed by atoms with Gasteiger partial charge >= 0.3 is 0 Å². The van der Waals surface area contributed by atoms with Crippen LogP contribution in [-0.4, -0.2) is 25.8 Å². The number of nitrogen functional groups attached to an aromatic ring is 1. The Morgan fingerprint density at radius 2 is 2.12 bits per heavy atom. The second-order valence-corrected chi connectivity index (χ2v) is 5.77. The van der Waals surface area contributed by atoms with Crippen molar-refractivity contribution in [3.8, 4) is 0 Å². The third kappa shape index (κ3) is 1.75. The lowest BCUT2D eigenvalue weighted by Crippen LogP contribution is -2.37. The van der Waals surface area contributed by atoms with Crippen molar-refractivity contribution in [2.75, 3.05) is 17.7 Å². The van der Waals surface area contributed by atoms with Crippen LogP contribution in [0.1, 0.15) is 26.0 Å². The van der Waals surface area contributed by atoms with Gasteiger partial charge in [-0.1, -0.05) is 6.92 Å². The maximum Gasteiger partial charge on any atom is 0.296 e. The molecule has 1 heterocycles. The highest BCUT2D eigenvalue weighted by Crippen LogP contribution is 2.63. The monoisotopic (exact) mass is 277 g/mol. The number of aromatic nitrogens is 3. The maximum atomic E-state index is 12.0. The van der Waals surface area contributed by atoms with E-state index in [0.29, 0.717) is 13.0 Å². The van der Waals surface area contributed by atoms with Gasteiger partial charge in [0.1, 0.15) is 10.0 Å². The molecule has 1 saturated carbocycles. The molecule has 2 rings (SSSR count). The zero-order valence-corrected chi connectivity index (χ0v) is 11.0. The molecule has 1 aliphatic carbocycles. The molecule has 1 aliphatic rings. The fraction of sp³-hybridized carbons (Fsp3) is 0.667. The predicted octanol–water partition coefficient (Wildman–Crippen LogP) is 0.619. The Kier molecular flexibility index (Phi) is 2.74. The van der Waals surface area contributed by atoms with Crippen LogP contribution in [0.5, 0.6) is 0 Å². The van der Waals surface area contributed by atoms with Gasteiger partial charge in [0.2, 0.25) is 5.95 Å². The predicted molar refractivity (Wildman–Crippen MR) is 67.0 cm³/mol. The van der Waals surface area contributed by atoms with Crippen molar-refractivity contribution in [3.63, 3.8) is 0 Å². The molecular formula is C9H13Cl2N5O. The molecule has 0 radical (unpaired) electrons. The van der Waals surface area contributed by atoms with Crippen LogP contribution in [0.15, 0.2) is 4.79 Å². The lowest BCUT2D eigenvalue weighted by molar-refractivity contribution is 0.664. The first-order chi connectivity index (χ1) is 7.83. The second-order valence-electron chi connectivity index (χ2n) is 4.29. The maximum absolute atomic E-state index is 12.0. The molecule has 94 valence electrons. The minimum absolute atomic E-state index is 0.201. The molecule has 0 unspecified atom stereocenters. The van der Waals surface area contributed by atoms with Crippen LogP contribution in [0, 0.1) is 0 Å². The lowest BCUT2D eigenvalue weighted by atomic mass is 10.1. The average Bonchev–Trinajstić information content (AvgIpc) is 2.75. The highest BCUT2D eigenvalue weighted by atomic mass is 35.5. The lowest BCUT2D eigenvalue weighted by Gasteiger charge is -2.13.